The van der Waals surface area contributed by atoms with E-state index < -0.39 is 5.97 Å². The van der Waals surface area contributed by atoms with Crippen LogP contribution in [0.15, 0.2) is 42.5 Å². The summed E-state index contributed by atoms with van der Waals surface area (Å²) >= 11 is 0. The number of hydrogen-bond acceptors (Lipinski definition) is 2. The van der Waals surface area contributed by atoms with E-state index in [2.05, 4.69) is 36.9 Å². The summed E-state index contributed by atoms with van der Waals surface area (Å²) in [6.07, 6.45) is 1.21. The van der Waals surface area contributed by atoms with Gasteiger partial charge < -0.3 is 10.0 Å². The maximum atomic E-state index is 11.2. The van der Waals surface area contributed by atoms with E-state index in [0.29, 0.717) is 23.3 Å². The molecule has 0 spiro atoms. The predicted octanol–water partition coefficient (Wildman–Crippen LogP) is 4.69. The molecule has 2 aliphatic rings. The van der Waals surface area contributed by atoms with Gasteiger partial charge in [0.25, 0.3) is 0 Å². The predicted molar refractivity (Wildman–Crippen MR) is 107 cm³/mol. The van der Waals surface area contributed by atoms with Gasteiger partial charge in [0.05, 0.1) is 5.56 Å². The third-order valence-corrected chi connectivity index (χ3v) is 6.12. The molecule has 26 heavy (non-hydrogen) atoms. The van der Waals surface area contributed by atoms with E-state index in [9.17, 15) is 9.90 Å². The highest BCUT2D eigenvalue weighted by atomic mass is 35.5. The monoisotopic (exact) mass is 371 g/mol. The van der Waals surface area contributed by atoms with Gasteiger partial charge in [-0.3, -0.25) is 0 Å². The van der Waals surface area contributed by atoms with Crippen LogP contribution in [0, 0.1) is 12.8 Å². The van der Waals surface area contributed by atoms with Gasteiger partial charge in [0.15, 0.2) is 0 Å². The maximum absolute atomic E-state index is 11.2. The van der Waals surface area contributed by atoms with Crippen molar-refractivity contribution < 1.29 is 9.90 Å². The van der Waals surface area contributed by atoms with Crippen LogP contribution in [0.5, 0.6) is 0 Å². The Morgan fingerprint density at radius 2 is 1.88 bits per heavy atom. The van der Waals surface area contributed by atoms with Gasteiger partial charge in [0.1, 0.15) is 0 Å². The minimum atomic E-state index is -0.858. The van der Waals surface area contributed by atoms with Gasteiger partial charge in [0.2, 0.25) is 0 Å². The Balaban J connectivity index is 0.00000196. The number of rotatable bonds is 3. The smallest absolute Gasteiger partial charge is 0.335 e. The van der Waals surface area contributed by atoms with E-state index in [0.717, 1.165) is 19.6 Å². The molecule has 1 N–H and O–H groups in total. The number of nitrogens with zero attached hydrogens (tertiary/aromatic N) is 1. The van der Waals surface area contributed by atoms with Crippen molar-refractivity contribution >= 4 is 18.4 Å². The van der Waals surface area contributed by atoms with Gasteiger partial charge in [-0.05, 0) is 61.2 Å². The third-order valence-electron chi connectivity index (χ3n) is 6.12. The molecule has 138 valence electrons. The molecule has 2 aromatic carbocycles. The number of likely N-dealkylation sites (tertiary alicyclic amines) is 1. The fourth-order valence-electron chi connectivity index (χ4n) is 4.84. The summed E-state index contributed by atoms with van der Waals surface area (Å²) in [6.45, 7) is 7.82. The molecule has 1 fully saturated rings. The normalized spacial score (nSPS) is 24.5. The minimum absolute atomic E-state index is 0. The number of carboxylic acids is 1. The van der Waals surface area contributed by atoms with Gasteiger partial charge in [-0.1, -0.05) is 42.8 Å². The number of aromatic carboxylic acids is 1. The van der Waals surface area contributed by atoms with Crippen molar-refractivity contribution in [3.8, 4) is 0 Å². The summed E-state index contributed by atoms with van der Waals surface area (Å²) < 4.78 is 0. The van der Waals surface area contributed by atoms with Crippen LogP contribution >= 0.6 is 12.4 Å². The number of carbonyl (C=O) groups is 1. The van der Waals surface area contributed by atoms with Crippen LogP contribution in [-0.2, 0) is 0 Å². The second kappa shape index (κ2) is 7.42. The molecule has 3 atom stereocenters. The fourth-order valence-corrected chi connectivity index (χ4v) is 4.84. The lowest BCUT2D eigenvalue weighted by Gasteiger charge is -2.37. The molecule has 0 saturated carbocycles. The molecule has 1 saturated heterocycles. The molecule has 0 unspecified atom stereocenters. The van der Waals surface area contributed by atoms with E-state index in [4.69, 9.17) is 0 Å². The van der Waals surface area contributed by atoms with Crippen LogP contribution in [0.25, 0.3) is 0 Å². The van der Waals surface area contributed by atoms with Gasteiger partial charge in [0, 0.05) is 18.4 Å². The number of piperidine rings is 1. The Morgan fingerprint density at radius 3 is 2.54 bits per heavy atom. The van der Waals surface area contributed by atoms with E-state index in [1.807, 2.05) is 12.1 Å². The summed E-state index contributed by atoms with van der Waals surface area (Å²) in [5, 5.41) is 9.17. The first-order valence-corrected chi connectivity index (χ1v) is 9.24. The average molecular weight is 372 g/mol. The summed E-state index contributed by atoms with van der Waals surface area (Å²) in [5.41, 5.74) is 5.88. The zero-order valence-corrected chi connectivity index (χ0v) is 16.1. The largest absolute Gasteiger partial charge is 0.478 e. The summed E-state index contributed by atoms with van der Waals surface area (Å²) in [6, 6.07) is 14.5. The first-order chi connectivity index (χ1) is 12.1. The van der Waals surface area contributed by atoms with Crippen LogP contribution < -0.4 is 0 Å². The Labute approximate surface area is 161 Å². The Morgan fingerprint density at radius 1 is 1.15 bits per heavy atom. The molecule has 1 aliphatic heterocycles. The van der Waals surface area contributed by atoms with Gasteiger partial charge in [-0.25, -0.2) is 4.79 Å². The summed E-state index contributed by atoms with van der Waals surface area (Å²) in [5.74, 6) is 0.744. The molecule has 1 heterocycles. The molecule has 0 amide bonds. The second-order valence-corrected chi connectivity index (χ2v) is 7.49. The highest BCUT2D eigenvalue weighted by Gasteiger charge is 2.43. The first-order valence-electron chi connectivity index (χ1n) is 9.24. The van der Waals surface area contributed by atoms with E-state index >= 15 is 0 Å². The van der Waals surface area contributed by atoms with Crippen LogP contribution in [-0.4, -0.2) is 35.6 Å². The molecule has 0 bridgehead atoms. The Hall–Kier alpha value is -1.84. The standard InChI is InChI=1S/C22H25NO2.ClH/c1-3-23-11-10-18-20(13-23)17-9-4-14(2)12-19(17)21(18)15-5-7-16(8-6-15)22(24)25;/h4-9,12,18,20-21H,3,10-11,13H2,1-2H3,(H,24,25);1H/t18-,20-,21+;/m1./s1. The van der Waals surface area contributed by atoms with Crippen molar-refractivity contribution in [1.82, 2.24) is 4.90 Å². The lowest BCUT2D eigenvalue weighted by atomic mass is 9.78. The lowest BCUT2D eigenvalue weighted by Crippen LogP contribution is -2.38. The van der Waals surface area contributed by atoms with E-state index in [-0.39, 0.29) is 12.4 Å². The van der Waals surface area contributed by atoms with Gasteiger partial charge >= 0.3 is 5.97 Å². The lowest BCUT2D eigenvalue weighted by molar-refractivity contribution is 0.0697. The average Bonchev–Trinajstić information content (AvgIpc) is 2.94. The summed E-state index contributed by atoms with van der Waals surface area (Å²) in [4.78, 5) is 13.7. The topological polar surface area (TPSA) is 40.5 Å². The van der Waals surface area contributed by atoms with Crippen molar-refractivity contribution in [2.75, 3.05) is 19.6 Å². The van der Waals surface area contributed by atoms with E-state index in [1.54, 1.807) is 12.1 Å². The zero-order chi connectivity index (χ0) is 17.6. The number of benzene rings is 2. The van der Waals surface area contributed by atoms with Crippen molar-refractivity contribution in [2.24, 2.45) is 5.92 Å². The molecule has 4 rings (SSSR count). The number of aryl methyl sites for hydroxylation is 1. The number of hydrogen-bond donors (Lipinski definition) is 1. The van der Waals surface area contributed by atoms with E-state index in [1.165, 1.54) is 28.7 Å². The molecular weight excluding hydrogens is 346 g/mol. The quantitative estimate of drug-likeness (QED) is 0.851. The second-order valence-electron chi connectivity index (χ2n) is 7.49. The number of fused-ring (bicyclic) bond motifs is 3. The molecule has 2 aromatic rings. The van der Waals surface area contributed by atoms with Crippen LogP contribution in [0.2, 0.25) is 0 Å². The number of halogens is 1. The van der Waals surface area contributed by atoms with Gasteiger partial charge in [-0.2, -0.15) is 0 Å². The highest BCUT2D eigenvalue weighted by molar-refractivity contribution is 5.87. The third kappa shape index (κ3) is 3.15. The zero-order valence-electron chi connectivity index (χ0n) is 15.3. The van der Waals surface area contributed by atoms with Crippen molar-refractivity contribution in [2.45, 2.75) is 32.1 Å². The molecule has 4 heteroatoms. The van der Waals surface area contributed by atoms with Crippen LogP contribution in [0.4, 0.5) is 0 Å². The molecule has 1 aliphatic carbocycles. The van der Waals surface area contributed by atoms with Crippen LogP contribution in [0.3, 0.4) is 0 Å². The number of likely N-dealkylation sites (N-methyl/N-ethyl adjacent to an activating group) is 1. The van der Waals surface area contributed by atoms with Crippen molar-refractivity contribution in [3.63, 3.8) is 0 Å². The highest BCUT2D eigenvalue weighted by Crippen LogP contribution is 2.53. The molecular formula is C22H26ClNO2. The fraction of sp³-hybridized carbons (Fsp3) is 0.409. The Kier molecular flexibility index (Phi) is 5.40. The molecule has 3 nitrogen and oxygen atoms in total. The summed E-state index contributed by atoms with van der Waals surface area (Å²) in [7, 11) is 0. The Bertz CT molecular complexity index is 802. The van der Waals surface area contributed by atoms with Gasteiger partial charge in [-0.15, -0.1) is 12.4 Å². The van der Waals surface area contributed by atoms with Crippen molar-refractivity contribution in [1.29, 1.82) is 0 Å². The molecule has 0 radical (unpaired) electrons. The van der Waals surface area contributed by atoms with Crippen molar-refractivity contribution in [3.05, 3.63) is 70.3 Å². The SMILES string of the molecule is CCN1CC[C@H]2[C@H](c3ccc(C(=O)O)cc3)c3cc(C)ccc3[C@H]2C1.Cl. The number of carboxylic acid groups (broad SMARTS) is 1. The minimum Gasteiger partial charge on any atom is -0.478 e. The van der Waals surface area contributed by atoms with Crippen LogP contribution in [0.1, 0.15) is 57.8 Å². The first kappa shape index (κ1) is 18.9. The molecule has 0 aromatic heterocycles. The maximum Gasteiger partial charge on any atom is 0.335 e.